The van der Waals surface area contributed by atoms with E-state index in [9.17, 15) is 24.4 Å². The van der Waals surface area contributed by atoms with Gasteiger partial charge in [0.15, 0.2) is 5.69 Å². The largest absolute Gasteiger partial charge is 0.268 e. The minimum atomic E-state index is -0.629. The van der Waals surface area contributed by atoms with E-state index in [-0.39, 0.29) is 55.7 Å². The molecule has 2 heterocycles. The van der Waals surface area contributed by atoms with Crippen LogP contribution in [0.1, 0.15) is 47.0 Å². The van der Waals surface area contributed by atoms with Gasteiger partial charge in [-0.15, -0.1) is 0 Å². The number of benzene rings is 5. The summed E-state index contributed by atoms with van der Waals surface area (Å²) in [5.74, 6) is -2.50. The molecule has 0 N–H and O–H groups in total. The van der Waals surface area contributed by atoms with Gasteiger partial charge in [0.2, 0.25) is 0 Å². The van der Waals surface area contributed by atoms with Crippen LogP contribution in [0.5, 0.6) is 0 Å². The number of imide groups is 2. The summed E-state index contributed by atoms with van der Waals surface area (Å²) in [6.07, 6.45) is 0. The molecule has 0 spiro atoms. The maximum absolute atomic E-state index is 14.3. The fraction of sp³-hybridized carbons (Fsp3) is 0. The Morgan fingerprint density at radius 3 is 1.90 bits per heavy atom. The number of rotatable bonds is 3. The first-order valence-electron chi connectivity index (χ1n) is 12.9. The van der Waals surface area contributed by atoms with Gasteiger partial charge in [-0.1, -0.05) is 48.5 Å². The maximum atomic E-state index is 14.3. The Labute approximate surface area is 239 Å². The van der Waals surface area contributed by atoms with Crippen LogP contribution in [0.3, 0.4) is 0 Å². The number of carbonyl (C=O) groups excluding carboxylic acids is 4. The zero-order chi connectivity index (χ0) is 29.1. The first-order valence-corrected chi connectivity index (χ1v) is 12.9. The van der Waals surface area contributed by atoms with Gasteiger partial charge in [-0.2, -0.15) is 5.26 Å². The van der Waals surface area contributed by atoms with Crippen LogP contribution < -0.4 is 9.80 Å². The van der Waals surface area contributed by atoms with Crippen molar-refractivity contribution in [3.8, 4) is 17.2 Å². The Hall–Kier alpha value is -6.38. The molecule has 4 amide bonds. The molecule has 8 heteroatoms. The predicted octanol–water partition coefficient (Wildman–Crippen LogP) is 6.53. The van der Waals surface area contributed by atoms with Gasteiger partial charge < -0.3 is 0 Å². The molecule has 2 aliphatic rings. The van der Waals surface area contributed by atoms with E-state index < -0.39 is 23.6 Å². The lowest BCUT2D eigenvalue weighted by Gasteiger charge is -2.33. The molecule has 0 bridgehead atoms. The van der Waals surface area contributed by atoms with Gasteiger partial charge in [0.25, 0.3) is 23.6 Å². The first kappa shape index (κ1) is 24.6. The van der Waals surface area contributed by atoms with Gasteiger partial charge in [-0.05, 0) is 59.7 Å². The Balaban J connectivity index is 1.54. The Morgan fingerprint density at radius 2 is 1.21 bits per heavy atom. The van der Waals surface area contributed by atoms with Crippen LogP contribution in [-0.4, -0.2) is 23.6 Å². The third kappa shape index (κ3) is 3.40. The van der Waals surface area contributed by atoms with E-state index in [0.29, 0.717) is 11.1 Å². The minimum absolute atomic E-state index is 0.162. The molecule has 196 valence electrons. The molecule has 0 aliphatic carbocycles. The minimum Gasteiger partial charge on any atom is -0.268 e. The van der Waals surface area contributed by atoms with Gasteiger partial charge in [0, 0.05) is 33.2 Å². The van der Waals surface area contributed by atoms with E-state index in [2.05, 4.69) is 4.85 Å². The van der Waals surface area contributed by atoms with Gasteiger partial charge >= 0.3 is 0 Å². The summed E-state index contributed by atoms with van der Waals surface area (Å²) in [5.41, 5.74) is 2.77. The van der Waals surface area contributed by atoms with Crippen molar-refractivity contribution >= 4 is 51.5 Å². The smallest absolute Gasteiger partial charge is 0.266 e. The Bertz CT molecular complexity index is 2160. The van der Waals surface area contributed by atoms with E-state index in [4.69, 9.17) is 6.57 Å². The molecule has 5 aromatic rings. The molecule has 7 rings (SSSR count). The van der Waals surface area contributed by atoms with Gasteiger partial charge in [0.1, 0.15) is 0 Å². The van der Waals surface area contributed by atoms with Gasteiger partial charge in [-0.3, -0.25) is 19.2 Å². The number of hydrogen-bond acceptors (Lipinski definition) is 5. The second kappa shape index (κ2) is 9.09. The quantitative estimate of drug-likeness (QED) is 0.190. The highest BCUT2D eigenvalue weighted by molar-refractivity contribution is 6.43. The Kier molecular flexibility index (Phi) is 5.33. The van der Waals surface area contributed by atoms with Crippen LogP contribution in [0.4, 0.5) is 17.1 Å². The average molecular weight is 545 g/mol. The van der Waals surface area contributed by atoms with Crippen LogP contribution in [0.25, 0.3) is 26.7 Å². The molecule has 5 aromatic carbocycles. The highest BCUT2D eigenvalue weighted by Gasteiger charge is 2.42. The summed E-state index contributed by atoms with van der Waals surface area (Å²) in [6.45, 7) is 7.38. The van der Waals surface area contributed by atoms with E-state index >= 15 is 0 Å². The van der Waals surface area contributed by atoms with Crippen LogP contribution in [0.2, 0.25) is 0 Å². The SMILES string of the molecule is [C-]#[N+]c1cccc(N2C(=O)c3ccc4c5c(cc(-c6ccccc6)c(c35)C2=O)C(=O)N(c2cccc(C#N)c2)C4=O)c1. The summed E-state index contributed by atoms with van der Waals surface area (Å²) in [4.78, 5) is 61.6. The number of anilines is 2. The molecule has 0 unspecified atom stereocenters. The van der Waals surface area contributed by atoms with Crippen molar-refractivity contribution in [3.05, 3.63) is 136 Å². The molecular weight excluding hydrogens is 528 g/mol. The molecule has 0 fully saturated rings. The predicted molar refractivity (Wildman–Crippen MR) is 156 cm³/mol. The lowest BCUT2D eigenvalue weighted by atomic mass is 9.81. The summed E-state index contributed by atoms with van der Waals surface area (Å²) in [6, 6.07) is 28.1. The van der Waals surface area contributed by atoms with Crippen molar-refractivity contribution in [2.24, 2.45) is 0 Å². The van der Waals surface area contributed by atoms with Crippen LogP contribution in [-0.2, 0) is 0 Å². The summed E-state index contributed by atoms with van der Waals surface area (Å²) in [7, 11) is 0. The molecule has 0 saturated carbocycles. The average Bonchev–Trinajstić information content (AvgIpc) is 3.03. The van der Waals surface area contributed by atoms with E-state index in [0.717, 1.165) is 9.80 Å². The highest BCUT2D eigenvalue weighted by Crippen LogP contribution is 2.44. The highest BCUT2D eigenvalue weighted by atomic mass is 16.2. The van der Waals surface area contributed by atoms with E-state index in [1.54, 1.807) is 66.7 Å². The third-order valence-corrected chi connectivity index (χ3v) is 7.54. The molecule has 0 aromatic heterocycles. The zero-order valence-corrected chi connectivity index (χ0v) is 21.7. The van der Waals surface area contributed by atoms with E-state index in [1.807, 2.05) is 12.1 Å². The monoisotopic (exact) mass is 544 g/mol. The summed E-state index contributed by atoms with van der Waals surface area (Å²) in [5, 5.41) is 9.87. The normalized spacial score (nSPS) is 13.8. The van der Waals surface area contributed by atoms with Crippen LogP contribution in [0.15, 0.2) is 97.1 Å². The second-order valence-corrected chi connectivity index (χ2v) is 9.81. The second-order valence-electron chi connectivity index (χ2n) is 9.81. The van der Waals surface area contributed by atoms with Crippen molar-refractivity contribution in [1.82, 2.24) is 0 Å². The van der Waals surface area contributed by atoms with Crippen molar-refractivity contribution in [2.75, 3.05) is 9.80 Å². The van der Waals surface area contributed by atoms with Crippen LogP contribution >= 0.6 is 0 Å². The molecule has 0 radical (unpaired) electrons. The van der Waals surface area contributed by atoms with Crippen molar-refractivity contribution in [3.63, 3.8) is 0 Å². The topological polar surface area (TPSA) is 103 Å². The molecule has 2 aliphatic heterocycles. The maximum Gasteiger partial charge on any atom is 0.266 e. The molecule has 42 heavy (non-hydrogen) atoms. The standard InChI is InChI=1S/C34H16N4O4/c1-36-21-10-6-12-23(16-21)38-32(40)25-14-13-24-28-27(33(41)37(31(24)39)22-11-5-7-19(15-22)18-35)17-26(20-8-3-2-4-9-20)30(29(25)28)34(38)42/h2-17H. The fourth-order valence-corrected chi connectivity index (χ4v) is 5.70. The fourth-order valence-electron chi connectivity index (χ4n) is 5.70. The lowest BCUT2D eigenvalue weighted by Crippen LogP contribution is -2.43. The lowest BCUT2D eigenvalue weighted by molar-refractivity contribution is 0.0873. The summed E-state index contributed by atoms with van der Waals surface area (Å²) < 4.78 is 0. The first-order chi connectivity index (χ1) is 20.4. The van der Waals surface area contributed by atoms with E-state index in [1.165, 1.54) is 24.3 Å². The van der Waals surface area contributed by atoms with Gasteiger partial charge in [-0.25, -0.2) is 14.6 Å². The number of nitrogens with zero attached hydrogens (tertiary/aromatic N) is 4. The van der Waals surface area contributed by atoms with Crippen LogP contribution in [0, 0.1) is 17.9 Å². The van der Waals surface area contributed by atoms with Crippen molar-refractivity contribution in [2.45, 2.75) is 0 Å². The number of hydrogen-bond donors (Lipinski definition) is 0. The third-order valence-electron chi connectivity index (χ3n) is 7.54. The van der Waals surface area contributed by atoms with Gasteiger partial charge in [0.05, 0.1) is 29.5 Å². The number of amides is 4. The van der Waals surface area contributed by atoms with Crippen molar-refractivity contribution in [1.29, 1.82) is 5.26 Å². The zero-order valence-electron chi connectivity index (χ0n) is 21.7. The molecule has 8 nitrogen and oxygen atoms in total. The molecular formula is C34H16N4O4. The molecule has 0 atom stereocenters. The molecule has 0 saturated heterocycles. The number of carbonyl (C=O) groups is 4. The Morgan fingerprint density at radius 1 is 0.595 bits per heavy atom. The summed E-state index contributed by atoms with van der Waals surface area (Å²) >= 11 is 0. The number of nitriles is 1. The van der Waals surface area contributed by atoms with Crippen molar-refractivity contribution < 1.29 is 19.2 Å².